The fraction of sp³-hybridized carbons (Fsp3) is 0.167. The second-order valence-corrected chi connectivity index (χ2v) is 3.80. The number of aromatic nitrogens is 2. The molecule has 0 bridgehead atoms. The number of thiocarbonyl (C=S) groups is 1. The van der Waals surface area contributed by atoms with Crippen LogP contribution in [0.1, 0.15) is 0 Å². The number of rotatable bonds is 1. The molecular weight excluding hydrogens is 194 g/mol. The van der Waals surface area contributed by atoms with Crippen LogP contribution in [0.2, 0.25) is 0 Å². The average molecular weight is 199 g/mol. The molecule has 0 radical (unpaired) electrons. The minimum atomic E-state index is -0.0197. The Kier molecular flexibility index (Phi) is 1.86. The fourth-order valence-electron chi connectivity index (χ4n) is 0.925. The molecule has 0 saturated carbocycles. The van der Waals surface area contributed by atoms with E-state index in [0.29, 0.717) is 10.1 Å². The maximum absolute atomic E-state index is 11.2. The molecule has 1 amide bonds. The average Bonchev–Trinajstić information content (AvgIpc) is 2.61. The Morgan fingerprint density at radius 2 is 2.50 bits per heavy atom. The summed E-state index contributed by atoms with van der Waals surface area (Å²) in [6.45, 7) is 0. The van der Waals surface area contributed by atoms with Crippen LogP contribution in [0.3, 0.4) is 0 Å². The smallest absolute Gasteiger partial charge is 0.259 e. The van der Waals surface area contributed by atoms with Gasteiger partial charge in [-0.05, 0) is 6.07 Å². The van der Waals surface area contributed by atoms with Crippen LogP contribution < -0.4 is 5.01 Å². The molecule has 1 saturated heterocycles. The van der Waals surface area contributed by atoms with Crippen molar-refractivity contribution in [3.8, 4) is 0 Å². The second kappa shape index (κ2) is 2.87. The predicted molar refractivity (Wildman–Crippen MR) is 50.5 cm³/mol. The molecule has 0 atom stereocenters. The van der Waals surface area contributed by atoms with Gasteiger partial charge in [-0.2, -0.15) is 14.9 Å². The van der Waals surface area contributed by atoms with Gasteiger partial charge in [-0.25, -0.2) is 0 Å². The molecule has 1 aromatic heterocycles. The van der Waals surface area contributed by atoms with Crippen LogP contribution in [0.5, 0.6) is 0 Å². The Morgan fingerprint density at radius 1 is 1.67 bits per heavy atom. The van der Waals surface area contributed by atoms with Crippen molar-refractivity contribution in [2.75, 3.05) is 10.8 Å². The molecular formula is C6H5N3OS2. The molecule has 1 aromatic rings. The first-order chi connectivity index (χ1) is 5.79. The predicted octanol–water partition coefficient (Wildman–Crippen LogP) is 0.379. The molecule has 2 heterocycles. The summed E-state index contributed by atoms with van der Waals surface area (Å²) >= 11 is 6.33. The summed E-state index contributed by atoms with van der Waals surface area (Å²) in [7, 11) is 0. The number of carbonyl (C=O) groups is 1. The Balaban J connectivity index is 2.34. The van der Waals surface area contributed by atoms with E-state index in [4.69, 9.17) is 12.2 Å². The van der Waals surface area contributed by atoms with Crippen LogP contribution in [0.25, 0.3) is 0 Å². The standard InChI is InChI=1S/C6H5N3OS2/c10-5-4-12-6(11)9(5)8-3-1-2-7-8/h1-3H,4H2. The second-order valence-electron chi connectivity index (χ2n) is 2.19. The third-order valence-electron chi connectivity index (χ3n) is 1.42. The summed E-state index contributed by atoms with van der Waals surface area (Å²) in [4.78, 5) is 12.7. The van der Waals surface area contributed by atoms with Gasteiger partial charge in [0.1, 0.15) is 0 Å². The SMILES string of the molecule is O=C1CSC(=S)N1n1cccn1. The lowest BCUT2D eigenvalue weighted by molar-refractivity contribution is -0.116. The fourth-order valence-corrected chi connectivity index (χ4v) is 1.96. The maximum atomic E-state index is 11.2. The van der Waals surface area contributed by atoms with Crippen molar-refractivity contribution in [3.05, 3.63) is 18.5 Å². The molecule has 0 aliphatic carbocycles. The van der Waals surface area contributed by atoms with Gasteiger partial charge in [0.2, 0.25) is 0 Å². The lowest BCUT2D eigenvalue weighted by atomic mass is 10.7. The van der Waals surface area contributed by atoms with E-state index in [2.05, 4.69) is 5.10 Å². The normalized spacial score (nSPS) is 17.5. The molecule has 4 nitrogen and oxygen atoms in total. The highest BCUT2D eigenvalue weighted by atomic mass is 32.2. The molecule has 62 valence electrons. The molecule has 2 rings (SSSR count). The largest absolute Gasteiger partial charge is 0.272 e. The molecule has 0 aromatic carbocycles. The number of amides is 1. The van der Waals surface area contributed by atoms with E-state index >= 15 is 0 Å². The van der Waals surface area contributed by atoms with Crippen LogP contribution in [-0.4, -0.2) is 25.9 Å². The number of nitrogens with zero attached hydrogens (tertiary/aromatic N) is 3. The summed E-state index contributed by atoms with van der Waals surface area (Å²) in [5.74, 6) is 0.396. The van der Waals surface area contributed by atoms with E-state index in [9.17, 15) is 4.79 Å². The molecule has 1 fully saturated rings. The van der Waals surface area contributed by atoms with Crippen LogP contribution in [-0.2, 0) is 4.79 Å². The van der Waals surface area contributed by atoms with Crippen molar-refractivity contribution >= 4 is 34.2 Å². The zero-order valence-corrected chi connectivity index (χ0v) is 7.64. The highest BCUT2D eigenvalue weighted by Crippen LogP contribution is 2.17. The van der Waals surface area contributed by atoms with E-state index in [1.165, 1.54) is 21.6 Å². The molecule has 0 spiro atoms. The van der Waals surface area contributed by atoms with Gasteiger partial charge >= 0.3 is 0 Å². The zero-order chi connectivity index (χ0) is 8.55. The van der Waals surface area contributed by atoms with Crippen molar-refractivity contribution in [1.82, 2.24) is 9.89 Å². The molecule has 6 heteroatoms. The lowest BCUT2D eigenvalue weighted by Gasteiger charge is -2.13. The highest BCUT2D eigenvalue weighted by molar-refractivity contribution is 8.24. The molecule has 0 unspecified atom stereocenters. The number of hydrogen-bond acceptors (Lipinski definition) is 4. The van der Waals surface area contributed by atoms with Gasteiger partial charge in [-0.15, -0.1) is 0 Å². The Labute approximate surface area is 78.5 Å². The summed E-state index contributed by atoms with van der Waals surface area (Å²) in [5.41, 5.74) is 0. The van der Waals surface area contributed by atoms with Gasteiger partial charge in [0.15, 0.2) is 4.32 Å². The molecule has 1 aliphatic rings. The van der Waals surface area contributed by atoms with E-state index in [1.807, 2.05) is 0 Å². The minimum Gasteiger partial charge on any atom is -0.272 e. The summed E-state index contributed by atoms with van der Waals surface area (Å²) in [6, 6.07) is 1.75. The van der Waals surface area contributed by atoms with Gasteiger partial charge in [0, 0.05) is 6.20 Å². The minimum absolute atomic E-state index is 0.0197. The van der Waals surface area contributed by atoms with Crippen molar-refractivity contribution in [2.45, 2.75) is 0 Å². The van der Waals surface area contributed by atoms with Crippen LogP contribution >= 0.6 is 24.0 Å². The van der Waals surface area contributed by atoms with Gasteiger partial charge in [0.25, 0.3) is 5.91 Å². The molecule has 0 N–H and O–H groups in total. The first kappa shape index (κ1) is 7.75. The van der Waals surface area contributed by atoms with E-state index in [-0.39, 0.29) is 5.91 Å². The first-order valence-electron chi connectivity index (χ1n) is 3.28. The highest BCUT2D eigenvalue weighted by Gasteiger charge is 2.28. The van der Waals surface area contributed by atoms with Gasteiger partial charge < -0.3 is 0 Å². The first-order valence-corrected chi connectivity index (χ1v) is 4.68. The van der Waals surface area contributed by atoms with E-state index in [0.717, 1.165) is 0 Å². The molecule has 12 heavy (non-hydrogen) atoms. The van der Waals surface area contributed by atoms with Crippen molar-refractivity contribution in [2.24, 2.45) is 0 Å². The lowest BCUT2D eigenvalue weighted by Crippen LogP contribution is -2.38. The topological polar surface area (TPSA) is 38.1 Å². The van der Waals surface area contributed by atoms with Gasteiger partial charge in [-0.1, -0.05) is 24.0 Å². The number of carbonyl (C=O) groups excluding carboxylic acids is 1. The monoisotopic (exact) mass is 199 g/mol. The summed E-state index contributed by atoms with van der Waals surface area (Å²) in [5, 5.41) is 5.31. The van der Waals surface area contributed by atoms with Gasteiger partial charge in [0.05, 0.1) is 11.9 Å². The van der Waals surface area contributed by atoms with Gasteiger partial charge in [-0.3, -0.25) is 4.79 Å². The Morgan fingerprint density at radius 3 is 3.00 bits per heavy atom. The van der Waals surface area contributed by atoms with Crippen LogP contribution in [0.15, 0.2) is 18.5 Å². The third kappa shape index (κ3) is 1.12. The van der Waals surface area contributed by atoms with Crippen molar-refractivity contribution < 1.29 is 4.79 Å². The van der Waals surface area contributed by atoms with Crippen molar-refractivity contribution in [1.29, 1.82) is 0 Å². The summed E-state index contributed by atoms with van der Waals surface area (Å²) < 4.78 is 0.559. The van der Waals surface area contributed by atoms with E-state index < -0.39 is 0 Å². The molecule has 1 aliphatic heterocycles. The number of hydrogen-bond donors (Lipinski definition) is 0. The Hall–Kier alpha value is -0.880. The maximum Gasteiger partial charge on any atom is 0.259 e. The summed E-state index contributed by atoms with van der Waals surface area (Å²) in [6.07, 6.45) is 3.30. The number of thioether (sulfide) groups is 1. The van der Waals surface area contributed by atoms with Crippen molar-refractivity contribution in [3.63, 3.8) is 0 Å². The van der Waals surface area contributed by atoms with Crippen LogP contribution in [0.4, 0.5) is 0 Å². The quantitative estimate of drug-likeness (QED) is 0.613. The zero-order valence-electron chi connectivity index (χ0n) is 6.01. The Bertz CT molecular complexity index is 306. The van der Waals surface area contributed by atoms with E-state index in [1.54, 1.807) is 18.5 Å². The van der Waals surface area contributed by atoms with Crippen LogP contribution in [0, 0.1) is 0 Å². The third-order valence-corrected chi connectivity index (χ3v) is 2.76.